The fraction of sp³-hybridized carbons (Fsp3) is 0.0312. The van der Waals surface area contributed by atoms with Crippen LogP contribution in [0.15, 0.2) is 122 Å². The number of aromatic nitrogens is 4. The maximum Gasteiger partial charge on any atom is 2.00 e. The Balaban J connectivity index is 0.00000323. The van der Waals surface area contributed by atoms with Gasteiger partial charge in [0.2, 0.25) is 5.88 Å². The van der Waals surface area contributed by atoms with Gasteiger partial charge in [-0.1, -0.05) is 72.0 Å². The number of hydrogen-bond acceptors (Lipinski definition) is 6. The number of para-hydroxylation sites is 2. The van der Waals surface area contributed by atoms with Gasteiger partial charge in [0.05, 0.1) is 11.6 Å². The number of benzene rings is 3. The van der Waals surface area contributed by atoms with Crippen molar-refractivity contribution in [2.24, 2.45) is 7.05 Å². The number of pyridine rings is 2. The van der Waals surface area contributed by atoms with E-state index in [1.807, 2.05) is 78.5 Å². The molecule has 8 heteroatoms. The molecule has 198 valence electrons. The van der Waals surface area contributed by atoms with Gasteiger partial charge in [-0.25, -0.2) is 4.98 Å². The smallest absolute Gasteiger partial charge is 0.501 e. The van der Waals surface area contributed by atoms with E-state index < -0.39 is 0 Å². The van der Waals surface area contributed by atoms with E-state index in [1.165, 1.54) is 0 Å². The van der Waals surface area contributed by atoms with Crippen LogP contribution in [0.3, 0.4) is 0 Å². The fourth-order valence-corrected chi connectivity index (χ4v) is 4.15. The molecular weight excluding hydrogens is 593 g/mol. The Hall–Kier alpha value is -4.77. The Morgan fingerprint density at radius 1 is 0.675 bits per heavy atom. The number of rotatable bonds is 8. The van der Waals surface area contributed by atoms with Crippen molar-refractivity contribution in [3.63, 3.8) is 0 Å². The molecule has 0 atom stereocenters. The van der Waals surface area contributed by atoms with Crippen molar-refractivity contribution in [1.29, 1.82) is 0 Å². The van der Waals surface area contributed by atoms with Crippen LogP contribution in [-0.2, 0) is 27.5 Å². The largest absolute Gasteiger partial charge is 2.00 e. The molecule has 0 unspecified atom stereocenters. The topological polar surface area (TPSA) is 65.3 Å². The average molecular weight is 616 g/mol. The first-order valence-electron chi connectivity index (χ1n) is 12.3. The maximum atomic E-state index is 6.26. The summed E-state index contributed by atoms with van der Waals surface area (Å²) >= 11 is 0. The van der Waals surface area contributed by atoms with Crippen molar-refractivity contribution < 1.29 is 29.9 Å². The van der Waals surface area contributed by atoms with Gasteiger partial charge in [-0.05, 0) is 36.5 Å². The van der Waals surface area contributed by atoms with Crippen LogP contribution in [0.1, 0.15) is 0 Å². The summed E-state index contributed by atoms with van der Waals surface area (Å²) in [6, 6.07) is 36.0. The minimum Gasteiger partial charge on any atom is -0.501 e. The molecule has 40 heavy (non-hydrogen) atoms. The molecule has 0 saturated heterocycles. The molecule has 0 radical (unpaired) electrons. The summed E-state index contributed by atoms with van der Waals surface area (Å²) in [6.45, 7) is 0. The first kappa shape index (κ1) is 26.8. The van der Waals surface area contributed by atoms with E-state index in [9.17, 15) is 0 Å². The van der Waals surface area contributed by atoms with Crippen molar-refractivity contribution in [2.45, 2.75) is 0 Å². The molecule has 6 rings (SSSR count). The fourth-order valence-electron chi connectivity index (χ4n) is 4.15. The van der Waals surface area contributed by atoms with Gasteiger partial charge >= 0.3 is 20.4 Å². The molecule has 0 aliphatic rings. The van der Waals surface area contributed by atoms with Gasteiger partial charge in [-0.15, -0.1) is 12.1 Å². The Kier molecular flexibility index (Phi) is 8.31. The van der Waals surface area contributed by atoms with Gasteiger partial charge in [-0.3, -0.25) is 4.98 Å². The normalized spacial score (nSPS) is 10.4. The van der Waals surface area contributed by atoms with Gasteiger partial charge in [0.1, 0.15) is 0 Å². The third kappa shape index (κ3) is 6.10. The van der Waals surface area contributed by atoms with E-state index in [2.05, 4.69) is 56.3 Å². The van der Waals surface area contributed by atoms with E-state index in [1.54, 1.807) is 30.9 Å². The van der Waals surface area contributed by atoms with Gasteiger partial charge in [0.25, 0.3) is 0 Å². The van der Waals surface area contributed by atoms with Crippen LogP contribution in [-0.4, -0.2) is 19.5 Å². The van der Waals surface area contributed by atoms with Crippen molar-refractivity contribution in [3.05, 3.63) is 134 Å². The van der Waals surface area contributed by atoms with E-state index in [0.717, 1.165) is 28.5 Å². The Bertz CT molecular complexity index is 1640. The van der Waals surface area contributed by atoms with E-state index in [0.29, 0.717) is 23.1 Å². The molecule has 6 aromatic rings. The monoisotopic (exact) mass is 615 g/mol. The molecule has 0 aliphatic carbocycles. The molecule has 3 aromatic carbocycles. The summed E-state index contributed by atoms with van der Waals surface area (Å²) in [7, 11) is 1.92. The quantitative estimate of drug-likeness (QED) is 0.130. The molecule has 0 N–H and O–H groups in total. The molecule has 0 aliphatic heterocycles. The maximum absolute atomic E-state index is 6.26. The van der Waals surface area contributed by atoms with Crippen molar-refractivity contribution in [2.75, 3.05) is 4.90 Å². The van der Waals surface area contributed by atoms with Crippen LogP contribution in [0.4, 0.5) is 17.1 Å². The number of ether oxygens (including phenoxy) is 2. The molecule has 3 aromatic heterocycles. The molecule has 0 amide bonds. The number of hydrogen-bond donors (Lipinski definition) is 0. The minimum absolute atomic E-state index is 0. The predicted octanol–water partition coefficient (Wildman–Crippen LogP) is 7.53. The molecule has 0 bridgehead atoms. The Morgan fingerprint density at radius 2 is 1.35 bits per heavy atom. The summed E-state index contributed by atoms with van der Waals surface area (Å²) in [4.78, 5) is 15.2. The van der Waals surface area contributed by atoms with Crippen LogP contribution < -0.4 is 14.4 Å². The van der Waals surface area contributed by atoms with E-state index in [4.69, 9.17) is 9.47 Å². The zero-order valence-electron chi connectivity index (χ0n) is 21.4. The first-order valence-corrected chi connectivity index (χ1v) is 12.3. The van der Waals surface area contributed by atoms with E-state index in [-0.39, 0.29) is 20.4 Å². The van der Waals surface area contributed by atoms with Crippen LogP contribution in [0, 0.1) is 12.1 Å². The Morgan fingerprint density at radius 3 is 1.98 bits per heavy atom. The standard InChI is InChI=1S/C32H23N5O2.Pd/c1-36-17-16-35-32(36)24-18-30(23-33-22-24)38-28-19-27(20-29(21-28)39-31-14-8-9-15-34-31)37(25-10-4-2-5-11-25)26-12-6-3-7-13-26;/h2-17,19-20,22-23H,1H3;/q-2;+2. The third-order valence-corrected chi connectivity index (χ3v) is 5.88. The van der Waals surface area contributed by atoms with Crippen molar-refractivity contribution in [3.8, 4) is 34.5 Å². The van der Waals surface area contributed by atoms with Crippen LogP contribution in [0.5, 0.6) is 23.1 Å². The van der Waals surface area contributed by atoms with E-state index >= 15 is 0 Å². The number of aryl methyl sites for hydroxylation is 1. The number of nitrogens with zero attached hydrogens (tertiary/aromatic N) is 5. The van der Waals surface area contributed by atoms with Gasteiger partial charge in [0, 0.05) is 54.6 Å². The molecule has 0 spiro atoms. The van der Waals surface area contributed by atoms with Gasteiger partial charge in [0.15, 0.2) is 0 Å². The second-order valence-electron chi connectivity index (χ2n) is 8.62. The zero-order valence-corrected chi connectivity index (χ0v) is 23.0. The average Bonchev–Trinajstić information content (AvgIpc) is 3.41. The summed E-state index contributed by atoms with van der Waals surface area (Å²) < 4.78 is 14.3. The predicted molar refractivity (Wildman–Crippen MR) is 150 cm³/mol. The summed E-state index contributed by atoms with van der Waals surface area (Å²) in [5.74, 6) is 2.51. The first-order chi connectivity index (χ1) is 19.2. The Labute approximate surface area is 246 Å². The van der Waals surface area contributed by atoms with Crippen LogP contribution in [0.25, 0.3) is 11.4 Å². The third-order valence-electron chi connectivity index (χ3n) is 5.88. The minimum atomic E-state index is 0. The zero-order chi connectivity index (χ0) is 26.4. The molecular formula is C32H23N5O2Pd. The molecule has 0 fully saturated rings. The number of imidazole rings is 1. The molecule has 3 heterocycles. The second kappa shape index (κ2) is 12.4. The van der Waals surface area contributed by atoms with Crippen LogP contribution >= 0.6 is 0 Å². The summed E-state index contributed by atoms with van der Waals surface area (Å²) in [5.41, 5.74) is 3.50. The van der Waals surface area contributed by atoms with Gasteiger partial charge in [-0.2, -0.15) is 0 Å². The van der Waals surface area contributed by atoms with Crippen molar-refractivity contribution in [1.82, 2.24) is 19.5 Å². The summed E-state index contributed by atoms with van der Waals surface area (Å²) in [6.07, 6.45) is 8.60. The van der Waals surface area contributed by atoms with Crippen molar-refractivity contribution >= 4 is 17.1 Å². The number of anilines is 3. The second-order valence-corrected chi connectivity index (χ2v) is 8.62. The molecule has 7 nitrogen and oxygen atoms in total. The van der Waals surface area contributed by atoms with Crippen LogP contribution in [0.2, 0.25) is 0 Å². The molecule has 0 saturated carbocycles. The summed E-state index contributed by atoms with van der Waals surface area (Å²) in [5, 5.41) is 0. The van der Waals surface area contributed by atoms with Gasteiger partial charge < -0.3 is 23.9 Å². The SMILES string of the molecule is Cn1ccnc1-c1[c-]c(Oc2[c-]c(Oc3ccccn3)cc(N(c3ccccc3)c3ccccc3)c2)cnc1.[Pd+2].